The molecule has 2 aromatic heterocycles. The van der Waals surface area contributed by atoms with Crippen molar-refractivity contribution in [3.05, 3.63) is 21.1 Å². The molecule has 0 aromatic carbocycles. The summed E-state index contributed by atoms with van der Waals surface area (Å²) in [6.07, 6.45) is 8.61. The van der Waals surface area contributed by atoms with Crippen molar-refractivity contribution >= 4 is 55.1 Å². The molecule has 0 saturated carbocycles. The molecule has 0 amide bonds. The number of pyridine rings is 1. The van der Waals surface area contributed by atoms with Crippen molar-refractivity contribution in [2.24, 2.45) is 0 Å². The van der Waals surface area contributed by atoms with Gasteiger partial charge in [0.1, 0.15) is 15.6 Å². The van der Waals surface area contributed by atoms with Crippen LogP contribution in [0.4, 0.5) is 0 Å². The van der Waals surface area contributed by atoms with Crippen LogP contribution in [0.25, 0.3) is 10.9 Å². The van der Waals surface area contributed by atoms with Crippen molar-refractivity contribution < 1.29 is 4.74 Å². The molecule has 19 heavy (non-hydrogen) atoms. The fourth-order valence-corrected chi connectivity index (χ4v) is 3.01. The van der Waals surface area contributed by atoms with Crippen LogP contribution in [0.3, 0.4) is 0 Å². The normalized spacial score (nSPS) is 13.1. The molecule has 0 bridgehead atoms. The number of halogens is 2. The zero-order chi connectivity index (χ0) is 14.0. The van der Waals surface area contributed by atoms with Crippen LogP contribution >= 0.6 is 44.2 Å². The second-order valence-electron chi connectivity index (χ2n) is 5.15. The summed E-state index contributed by atoms with van der Waals surface area (Å²) in [7, 11) is -0.510. The standard InChI is InChI=1S/C12H17ClIN3OS/c1-19(2,3)5-4-18-8-17-10-6-11(13)15-7-9(10)12(14)16-17/h6-7H,4-5,8H2,1-3H3. The third kappa shape index (κ3) is 4.21. The summed E-state index contributed by atoms with van der Waals surface area (Å²) < 4.78 is 8.47. The lowest BCUT2D eigenvalue weighted by Gasteiger charge is -2.24. The molecule has 0 unspecified atom stereocenters. The second kappa shape index (κ2) is 6.15. The Bertz CT molecular complexity index is 582. The van der Waals surface area contributed by atoms with E-state index in [9.17, 15) is 0 Å². The highest BCUT2D eigenvalue weighted by Gasteiger charge is 2.10. The first-order valence-corrected chi connectivity index (χ1v) is 10.3. The van der Waals surface area contributed by atoms with Crippen molar-refractivity contribution in [3.8, 4) is 0 Å². The van der Waals surface area contributed by atoms with Crippen LogP contribution in [-0.2, 0) is 11.5 Å². The SMILES string of the molecule is CS(C)(C)CCOCn1nc(I)c2cnc(Cl)cc21. The Morgan fingerprint density at radius 2 is 2.16 bits per heavy atom. The second-order valence-corrected chi connectivity index (χ2v) is 11.1. The largest absolute Gasteiger partial charge is 0.358 e. The van der Waals surface area contributed by atoms with Crippen LogP contribution in [0.2, 0.25) is 5.15 Å². The van der Waals surface area contributed by atoms with Gasteiger partial charge in [-0.3, -0.25) is 0 Å². The minimum atomic E-state index is -0.510. The molecule has 0 fully saturated rings. The zero-order valence-electron chi connectivity index (χ0n) is 11.2. The molecule has 0 spiro atoms. The molecule has 7 heteroatoms. The third-order valence-electron chi connectivity index (χ3n) is 2.61. The fourth-order valence-electron chi connectivity index (χ4n) is 1.56. The van der Waals surface area contributed by atoms with Gasteiger partial charge in [-0.15, -0.1) is 0 Å². The van der Waals surface area contributed by atoms with E-state index in [1.54, 1.807) is 6.20 Å². The van der Waals surface area contributed by atoms with E-state index in [2.05, 4.69) is 51.4 Å². The van der Waals surface area contributed by atoms with E-state index in [-0.39, 0.29) is 0 Å². The number of aromatic nitrogens is 3. The molecule has 0 N–H and O–H groups in total. The van der Waals surface area contributed by atoms with E-state index in [1.807, 2.05) is 10.7 Å². The molecule has 0 atom stereocenters. The number of rotatable bonds is 5. The molecule has 0 aliphatic heterocycles. The van der Waals surface area contributed by atoms with E-state index in [0.717, 1.165) is 27.0 Å². The summed E-state index contributed by atoms with van der Waals surface area (Å²) in [6.45, 7) is 1.21. The van der Waals surface area contributed by atoms with Crippen LogP contribution in [-0.4, -0.2) is 45.9 Å². The lowest BCUT2D eigenvalue weighted by Crippen LogP contribution is -2.10. The van der Waals surface area contributed by atoms with Gasteiger partial charge in [-0.1, -0.05) is 11.6 Å². The first-order valence-electron chi connectivity index (χ1n) is 5.78. The van der Waals surface area contributed by atoms with E-state index in [1.165, 1.54) is 0 Å². The van der Waals surface area contributed by atoms with Crippen LogP contribution < -0.4 is 0 Å². The summed E-state index contributed by atoms with van der Waals surface area (Å²) in [5.41, 5.74) is 0.965. The Morgan fingerprint density at radius 1 is 1.42 bits per heavy atom. The molecule has 0 aliphatic rings. The van der Waals surface area contributed by atoms with Gasteiger partial charge >= 0.3 is 0 Å². The molecule has 0 radical (unpaired) electrons. The van der Waals surface area contributed by atoms with Gasteiger partial charge in [0.25, 0.3) is 0 Å². The summed E-state index contributed by atoms with van der Waals surface area (Å²) in [5.74, 6) is 1.10. The van der Waals surface area contributed by atoms with Crippen molar-refractivity contribution in [2.45, 2.75) is 6.73 Å². The minimum Gasteiger partial charge on any atom is -0.358 e. The van der Waals surface area contributed by atoms with E-state index in [0.29, 0.717) is 11.9 Å². The Morgan fingerprint density at radius 3 is 2.84 bits per heavy atom. The smallest absolute Gasteiger partial charge is 0.140 e. The number of fused-ring (bicyclic) bond motifs is 1. The number of nitrogens with zero attached hydrogens (tertiary/aromatic N) is 3. The maximum Gasteiger partial charge on any atom is 0.140 e. The topological polar surface area (TPSA) is 39.9 Å². The lowest BCUT2D eigenvalue weighted by atomic mass is 10.3. The molecule has 106 valence electrons. The van der Waals surface area contributed by atoms with Crippen LogP contribution in [0.15, 0.2) is 12.3 Å². The van der Waals surface area contributed by atoms with Gasteiger partial charge in [-0.05, 0) is 41.4 Å². The first kappa shape index (κ1) is 15.3. The van der Waals surface area contributed by atoms with Crippen molar-refractivity contribution in [1.82, 2.24) is 14.8 Å². The van der Waals surface area contributed by atoms with Gasteiger partial charge in [0.2, 0.25) is 0 Å². The highest BCUT2D eigenvalue weighted by Crippen LogP contribution is 2.33. The summed E-state index contributed by atoms with van der Waals surface area (Å²) in [4.78, 5) is 4.08. The average molecular weight is 414 g/mol. The third-order valence-corrected chi connectivity index (χ3v) is 5.01. The zero-order valence-corrected chi connectivity index (χ0v) is 14.9. The Hall–Kier alpha value is -0.0500. The molecule has 2 rings (SSSR count). The molecule has 2 aromatic rings. The average Bonchev–Trinajstić information content (AvgIpc) is 2.60. The molecule has 2 heterocycles. The summed E-state index contributed by atoms with van der Waals surface area (Å²) in [6, 6.07) is 1.82. The fraction of sp³-hybridized carbons (Fsp3) is 0.500. The molecule has 4 nitrogen and oxygen atoms in total. The lowest BCUT2D eigenvalue weighted by molar-refractivity contribution is 0.0838. The van der Waals surface area contributed by atoms with Crippen molar-refractivity contribution in [1.29, 1.82) is 0 Å². The Balaban J connectivity index is 2.07. The monoisotopic (exact) mass is 413 g/mol. The molecular formula is C12H17ClIN3OS. The van der Waals surface area contributed by atoms with Gasteiger partial charge < -0.3 is 4.74 Å². The predicted molar refractivity (Wildman–Crippen MR) is 91.4 cm³/mol. The van der Waals surface area contributed by atoms with Crippen LogP contribution in [0.1, 0.15) is 0 Å². The molecule has 0 aliphatic carbocycles. The number of ether oxygens (including phenoxy) is 1. The van der Waals surface area contributed by atoms with Gasteiger partial charge in [0.15, 0.2) is 0 Å². The maximum absolute atomic E-state index is 5.93. The first-order chi connectivity index (χ1) is 8.87. The minimum absolute atomic E-state index is 0.454. The Kier molecular flexibility index (Phi) is 4.97. The summed E-state index contributed by atoms with van der Waals surface area (Å²) in [5, 5.41) is 5.94. The van der Waals surface area contributed by atoms with Gasteiger partial charge in [0, 0.05) is 18.0 Å². The maximum atomic E-state index is 5.93. The highest BCUT2D eigenvalue weighted by atomic mass is 127. The van der Waals surface area contributed by atoms with Gasteiger partial charge in [-0.25, -0.2) is 19.7 Å². The summed E-state index contributed by atoms with van der Waals surface area (Å²) >= 11 is 8.13. The van der Waals surface area contributed by atoms with E-state index < -0.39 is 10.0 Å². The van der Waals surface area contributed by atoms with Gasteiger partial charge in [-0.2, -0.15) is 5.10 Å². The number of hydrogen-bond acceptors (Lipinski definition) is 3. The van der Waals surface area contributed by atoms with Gasteiger partial charge in [0.05, 0.1) is 17.5 Å². The molecular weight excluding hydrogens is 397 g/mol. The highest BCUT2D eigenvalue weighted by molar-refractivity contribution is 14.1. The Labute approximate surface area is 133 Å². The number of hydrogen-bond donors (Lipinski definition) is 0. The van der Waals surface area contributed by atoms with Crippen LogP contribution in [0.5, 0.6) is 0 Å². The van der Waals surface area contributed by atoms with E-state index >= 15 is 0 Å². The van der Waals surface area contributed by atoms with E-state index in [4.69, 9.17) is 16.3 Å². The molecule has 0 saturated heterocycles. The quantitative estimate of drug-likeness (QED) is 0.429. The van der Waals surface area contributed by atoms with Crippen LogP contribution in [0, 0.1) is 3.70 Å². The van der Waals surface area contributed by atoms with Crippen molar-refractivity contribution in [3.63, 3.8) is 0 Å². The van der Waals surface area contributed by atoms with Crippen molar-refractivity contribution in [2.75, 3.05) is 31.1 Å². The predicted octanol–water partition coefficient (Wildman–Crippen LogP) is 3.36.